The highest BCUT2D eigenvalue weighted by molar-refractivity contribution is 5.95. The quantitative estimate of drug-likeness (QED) is 0.150. The number of benzene rings is 8. The zero-order valence-corrected chi connectivity index (χ0v) is 33.5. The lowest BCUT2D eigenvalue weighted by atomic mass is 9.82. The molecule has 1 heteroatoms. The first-order valence-corrected chi connectivity index (χ1v) is 21.1. The van der Waals surface area contributed by atoms with E-state index >= 15 is 0 Å². The first-order valence-electron chi connectivity index (χ1n) is 21.1. The summed E-state index contributed by atoms with van der Waals surface area (Å²) in [5, 5.41) is 0. The van der Waals surface area contributed by atoms with E-state index in [1.807, 2.05) is 0 Å². The summed E-state index contributed by atoms with van der Waals surface area (Å²) in [4.78, 5) is 2.45. The van der Waals surface area contributed by atoms with Crippen molar-refractivity contribution in [3.63, 3.8) is 0 Å². The minimum Gasteiger partial charge on any atom is -0.310 e. The van der Waals surface area contributed by atoms with Gasteiger partial charge in [0.2, 0.25) is 0 Å². The molecule has 0 aromatic heterocycles. The minimum atomic E-state index is -0.103. The van der Waals surface area contributed by atoms with Crippen molar-refractivity contribution in [3.05, 3.63) is 211 Å². The number of fused-ring (bicyclic) bond motifs is 3. The van der Waals surface area contributed by atoms with Crippen molar-refractivity contribution < 1.29 is 0 Å². The average Bonchev–Trinajstić information content (AvgIpc) is 3.52. The van der Waals surface area contributed by atoms with Crippen molar-refractivity contribution in [2.45, 2.75) is 57.3 Å². The maximum absolute atomic E-state index is 2.45. The molecule has 0 radical (unpaired) electrons. The molecule has 0 heterocycles. The van der Waals surface area contributed by atoms with Gasteiger partial charge in [0.15, 0.2) is 0 Å². The Morgan fingerprint density at radius 1 is 0.379 bits per heavy atom. The smallest absolute Gasteiger partial charge is 0.0467 e. The van der Waals surface area contributed by atoms with Gasteiger partial charge in [-0.2, -0.15) is 0 Å². The van der Waals surface area contributed by atoms with Crippen LogP contribution in [0.2, 0.25) is 0 Å². The van der Waals surface area contributed by atoms with Crippen LogP contribution in [-0.4, -0.2) is 0 Å². The molecule has 58 heavy (non-hydrogen) atoms. The second-order valence-corrected chi connectivity index (χ2v) is 16.8. The fourth-order valence-electron chi connectivity index (χ4n) is 9.84. The summed E-state index contributed by atoms with van der Waals surface area (Å²) in [6, 6.07) is 72.1. The molecule has 0 N–H and O–H groups in total. The Labute approximate surface area is 344 Å². The summed E-state index contributed by atoms with van der Waals surface area (Å²) in [5.41, 5.74) is 20.1. The maximum Gasteiger partial charge on any atom is 0.0467 e. The van der Waals surface area contributed by atoms with E-state index in [-0.39, 0.29) is 5.41 Å². The maximum atomic E-state index is 2.45. The number of hydrogen-bond donors (Lipinski definition) is 0. The number of rotatable bonds is 8. The fraction of sp³-hybridized carbons (Fsp3) is 0.158. The fourth-order valence-corrected chi connectivity index (χ4v) is 9.84. The number of hydrogen-bond acceptors (Lipinski definition) is 1. The Morgan fingerprint density at radius 2 is 0.914 bits per heavy atom. The van der Waals surface area contributed by atoms with Gasteiger partial charge in [0.05, 0.1) is 0 Å². The molecule has 282 valence electrons. The van der Waals surface area contributed by atoms with Crippen LogP contribution >= 0.6 is 0 Å². The van der Waals surface area contributed by atoms with Crippen LogP contribution in [0.4, 0.5) is 17.1 Å². The summed E-state index contributed by atoms with van der Waals surface area (Å²) in [5.74, 6) is 0.700. The number of nitrogens with zero attached hydrogens (tertiary/aromatic N) is 1. The van der Waals surface area contributed by atoms with E-state index in [9.17, 15) is 0 Å². The van der Waals surface area contributed by atoms with Crippen molar-refractivity contribution >= 4 is 17.1 Å². The molecule has 0 atom stereocenters. The predicted molar refractivity (Wildman–Crippen MR) is 246 cm³/mol. The van der Waals surface area contributed by atoms with E-state index in [4.69, 9.17) is 0 Å². The second kappa shape index (κ2) is 15.1. The molecule has 0 unspecified atom stereocenters. The van der Waals surface area contributed by atoms with Gasteiger partial charge in [0, 0.05) is 22.5 Å². The lowest BCUT2D eigenvalue weighted by Crippen LogP contribution is -2.16. The van der Waals surface area contributed by atoms with Crippen molar-refractivity contribution in [1.29, 1.82) is 0 Å². The first-order chi connectivity index (χ1) is 28.5. The zero-order chi connectivity index (χ0) is 39.1. The van der Waals surface area contributed by atoms with Crippen LogP contribution in [0.15, 0.2) is 194 Å². The largest absolute Gasteiger partial charge is 0.310 e. The second-order valence-electron chi connectivity index (χ2n) is 16.8. The van der Waals surface area contributed by atoms with Crippen LogP contribution in [0.25, 0.3) is 55.6 Å². The third-order valence-corrected chi connectivity index (χ3v) is 12.9. The van der Waals surface area contributed by atoms with E-state index in [0.717, 1.165) is 17.1 Å². The van der Waals surface area contributed by atoms with Gasteiger partial charge in [-0.25, -0.2) is 0 Å². The third-order valence-electron chi connectivity index (χ3n) is 12.9. The van der Waals surface area contributed by atoms with Crippen LogP contribution < -0.4 is 4.90 Å². The molecular weight excluding hydrogens is 699 g/mol. The highest BCUT2D eigenvalue weighted by atomic mass is 15.1. The Kier molecular flexibility index (Phi) is 9.38. The summed E-state index contributed by atoms with van der Waals surface area (Å²) >= 11 is 0. The van der Waals surface area contributed by atoms with Gasteiger partial charge in [0.1, 0.15) is 0 Å². The van der Waals surface area contributed by atoms with E-state index in [2.05, 4.69) is 213 Å². The Hall–Kier alpha value is -6.44. The molecule has 0 saturated heterocycles. The van der Waals surface area contributed by atoms with E-state index in [1.54, 1.807) is 0 Å². The minimum absolute atomic E-state index is 0.103. The summed E-state index contributed by atoms with van der Waals surface area (Å²) in [6.07, 6.45) is 6.72. The van der Waals surface area contributed by atoms with Crippen molar-refractivity contribution in [2.75, 3.05) is 4.90 Å². The Morgan fingerprint density at radius 3 is 1.60 bits per heavy atom. The molecule has 1 nitrogen and oxygen atoms in total. The highest BCUT2D eigenvalue weighted by Gasteiger charge is 2.35. The lowest BCUT2D eigenvalue weighted by molar-refractivity contribution is 0.443. The Bertz CT molecular complexity index is 2640. The monoisotopic (exact) mass is 747 g/mol. The summed E-state index contributed by atoms with van der Waals surface area (Å²) in [6.45, 7) is 4.74. The lowest BCUT2D eigenvalue weighted by Gasteiger charge is -2.29. The van der Waals surface area contributed by atoms with Gasteiger partial charge in [-0.05, 0) is 127 Å². The highest BCUT2D eigenvalue weighted by Crippen LogP contribution is 2.51. The zero-order valence-electron chi connectivity index (χ0n) is 33.5. The van der Waals surface area contributed by atoms with E-state index < -0.39 is 0 Å². The van der Waals surface area contributed by atoms with Gasteiger partial charge >= 0.3 is 0 Å². The van der Waals surface area contributed by atoms with Crippen molar-refractivity contribution in [1.82, 2.24) is 0 Å². The van der Waals surface area contributed by atoms with Crippen molar-refractivity contribution in [2.24, 2.45) is 0 Å². The van der Waals surface area contributed by atoms with E-state index in [0.29, 0.717) is 5.92 Å². The average molecular weight is 748 g/mol. The van der Waals surface area contributed by atoms with E-state index in [1.165, 1.54) is 104 Å². The molecule has 0 amide bonds. The summed E-state index contributed by atoms with van der Waals surface area (Å²) in [7, 11) is 0. The number of anilines is 3. The SMILES string of the molecule is CC1(C)c2ccccc2-c2ccc(N(c3ccc(-c4c(-c5ccccc5)cccc4-c4ccccc4)cc3)c3cccc(-c4ccc(C5CCCCC5)cc4)c3)cc21. The van der Waals surface area contributed by atoms with Crippen LogP contribution in [-0.2, 0) is 5.41 Å². The van der Waals surface area contributed by atoms with Gasteiger partial charge in [0.25, 0.3) is 0 Å². The Balaban J connectivity index is 1.09. The van der Waals surface area contributed by atoms with Gasteiger partial charge < -0.3 is 4.90 Å². The van der Waals surface area contributed by atoms with Gasteiger partial charge in [-0.1, -0.05) is 191 Å². The molecule has 0 aliphatic heterocycles. The standard InChI is InChI=1S/C57H49N/c1-57(2)54-27-13-12-24-52(54)53-37-36-49(39-55(53)57)58(48-23-14-22-46(38-48)42-30-28-41(29-31-42)40-16-6-3-7-17-40)47-34-32-45(33-35-47)56-50(43-18-8-4-9-19-43)25-15-26-51(56)44-20-10-5-11-21-44/h4-5,8-15,18-40H,3,6-7,16-17H2,1-2H3. The molecule has 2 aliphatic carbocycles. The van der Waals surface area contributed by atoms with Crippen molar-refractivity contribution in [3.8, 4) is 55.6 Å². The molecule has 0 bridgehead atoms. The molecular formula is C57H49N. The molecule has 2 aliphatic rings. The van der Waals surface area contributed by atoms with Crippen LogP contribution in [0.3, 0.4) is 0 Å². The molecule has 1 saturated carbocycles. The van der Waals surface area contributed by atoms with Crippen LogP contribution in [0, 0.1) is 0 Å². The normalized spacial score (nSPS) is 14.4. The first kappa shape index (κ1) is 35.9. The van der Waals surface area contributed by atoms with Crippen LogP contribution in [0.1, 0.15) is 68.6 Å². The topological polar surface area (TPSA) is 3.24 Å². The summed E-state index contributed by atoms with van der Waals surface area (Å²) < 4.78 is 0. The van der Waals surface area contributed by atoms with Gasteiger partial charge in [-0.15, -0.1) is 0 Å². The molecule has 8 aromatic rings. The van der Waals surface area contributed by atoms with Crippen LogP contribution in [0.5, 0.6) is 0 Å². The molecule has 8 aromatic carbocycles. The molecule has 0 spiro atoms. The molecule has 1 fully saturated rings. The predicted octanol–water partition coefficient (Wildman–Crippen LogP) is 16.2. The molecule has 10 rings (SSSR count). The van der Waals surface area contributed by atoms with Gasteiger partial charge in [-0.3, -0.25) is 0 Å². The third kappa shape index (κ3) is 6.55.